The second kappa shape index (κ2) is 7.87. The lowest BCUT2D eigenvalue weighted by Crippen LogP contribution is -2.37. The maximum Gasteiger partial charge on any atom is 0.234 e. The van der Waals surface area contributed by atoms with Crippen molar-refractivity contribution in [3.63, 3.8) is 0 Å². The molecule has 2 heterocycles. The van der Waals surface area contributed by atoms with Crippen LogP contribution in [0.2, 0.25) is 5.02 Å². The molecule has 0 unspecified atom stereocenters. The molecule has 9 heteroatoms. The molecule has 7 nitrogen and oxygen atoms in total. The van der Waals surface area contributed by atoms with Crippen LogP contribution in [0, 0.1) is 0 Å². The molecule has 2 aromatic rings. The first-order chi connectivity index (χ1) is 11.6. The molecular weight excluding hydrogens is 350 g/mol. The lowest BCUT2D eigenvalue weighted by atomic mass is 10.2. The number of morpholine rings is 1. The summed E-state index contributed by atoms with van der Waals surface area (Å²) < 4.78 is 7.16. The van der Waals surface area contributed by atoms with Crippen molar-refractivity contribution in [1.29, 1.82) is 0 Å². The van der Waals surface area contributed by atoms with E-state index in [-0.39, 0.29) is 11.7 Å². The van der Waals surface area contributed by atoms with E-state index in [1.807, 2.05) is 25.2 Å². The van der Waals surface area contributed by atoms with Gasteiger partial charge in [0.15, 0.2) is 5.16 Å². The number of hydrogen-bond donors (Lipinski definition) is 1. The van der Waals surface area contributed by atoms with Gasteiger partial charge in [0.2, 0.25) is 5.91 Å². The van der Waals surface area contributed by atoms with Gasteiger partial charge in [0, 0.05) is 20.1 Å². The highest BCUT2D eigenvalue weighted by atomic mass is 35.5. The molecule has 0 aliphatic carbocycles. The van der Waals surface area contributed by atoms with E-state index in [4.69, 9.17) is 16.3 Å². The molecule has 1 saturated heterocycles. The summed E-state index contributed by atoms with van der Waals surface area (Å²) in [4.78, 5) is 14.4. The van der Waals surface area contributed by atoms with Crippen LogP contribution in [-0.2, 0) is 16.6 Å². The minimum absolute atomic E-state index is 0.111. The Bertz CT molecular complexity index is 718. The van der Waals surface area contributed by atoms with E-state index < -0.39 is 0 Å². The summed E-state index contributed by atoms with van der Waals surface area (Å²) >= 11 is 7.70. The zero-order valence-corrected chi connectivity index (χ0v) is 14.8. The second-order valence-electron chi connectivity index (χ2n) is 5.30. The summed E-state index contributed by atoms with van der Waals surface area (Å²) in [6.45, 7) is 2.81. The third-order valence-electron chi connectivity index (χ3n) is 3.59. The standard InChI is InChI=1S/C15H18ClN5O2S/c1-20-10-17-19-15(20)24-9-13(22)18-12-4-2-3-11(16)14(12)21-5-7-23-8-6-21/h2-4,10H,5-9H2,1H3,(H,18,22). The summed E-state index contributed by atoms with van der Waals surface area (Å²) in [6.07, 6.45) is 1.60. The van der Waals surface area contributed by atoms with Gasteiger partial charge in [-0.2, -0.15) is 0 Å². The normalized spacial score (nSPS) is 14.7. The fraction of sp³-hybridized carbons (Fsp3) is 0.400. The number of carbonyl (C=O) groups is 1. The summed E-state index contributed by atoms with van der Waals surface area (Å²) in [7, 11) is 1.84. The van der Waals surface area contributed by atoms with Crippen molar-refractivity contribution in [1.82, 2.24) is 14.8 Å². The molecule has 0 bridgehead atoms. The average molecular weight is 368 g/mol. The number of nitrogens with zero attached hydrogens (tertiary/aromatic N) is 4. The Morgan fingerprint density at radius 2 is 2.21 bits per heavy atom. The van der Waals surface area contributed by atoms with Crippen LogP contribution in [0.1, 0.15) is 0 Å². The fourth-order valence-corrected chi connectivity index (χ4v) is 3.43. The van der Waals surface area contributed by atoms with E-state index in [9.17, 15) is 4.79 Å². The maximum absolute atomic E-state index is 12.3. The van der Waals surface area contributed by atoms with Gasteiger partial charge in [-0.05, 0) is 12.1 Å². The molecule has 128 valence electrons. The summed E-state index contributed by atoms with van der Waals surface area (Å²) in [5.41, 5.74) is 1.56. The summed E-state index contributed by atoms with van der Waals surface area (Å²) in [5, 5.41) is 12.0. The van der Waals surface area contributed by atoms with Crippen molar-refractivity contribution in [2.75, 3.05) is 42.3 Å². The predicted molar refractivity (Wildman–Crippen MR) is 94.8 cm³/mol. The number of halogens is 1. The number of thioether (sulfide) groups is 1. The number of amides is 1. The molecule has 0 atom stereocenters. The van der Waals surface area contributed by atoms with E-state index in [2.05, 4.69) is 20.4 Å². The molecule has 1 aromatic carbocycles. The first-order valence-corrected chi connectivity index (χ1v) is 8.89. The van der Waals surface area contributed by atoms with Gasteiger partial charge in [0.05, 0.1) is 35.4 Å². The Balaban J connectivity index is 1.69. The molecule has 0 spiro atoms. The average Bonchev–Trinajstić information content (AvgIpc) is 2.99. The van der Waals surface area contributed by atoms with E-state index in [1.54, 1.807) is 10.9 Å². The van der Waals surface area contributed by atoms with Crippen LogP contribution < -0.4 is 10.2 Å². The smallest absolute Gasteiger partial charge is 0.234 e. The number of carbonyl (C=O) groups excluding carboxylic acids is 1. The highest BCUT2D eigenvalue weighted by Gasteiger charge is 2.19. The van der Waals surface area contributed by atoms with Crippen LogP contribution in [0.4, 0.5) is 11.4 Å². The van der Waals surface area contributed by atoms with E-state index in [1.165, 1.54) is 11.8 Å². The molecule has 1 aromatic heterocycles. The van der Waals surface area contributed by atoms with Gasteiger partial charge in [-0.1, -0.05) is 29.4 Å². The molecule has 3 rings (SSSR count). The number of aromatic nitrogens is 3. The van der Waals surface area contributed by atoms with Crippen LogP contribution >= 0.6 is 23.4 Å². The van der Waals surface area contributed by atoms with E-state index in [0.29, 0.717) is 29.1 Å². The number of ether oxygens (including phenoxy) is 1. The van der Waals surface area contributed by atoms with Crippen LogP contribution in [0.3, 0.4) is 0 Å². The Morgan fingerprint density at radius 1 is 1.42 bits per heavy atom. The maximum atomic E-state index is 12.3. The van der Waals surface area contributed by atoms with Crippen LogP contribution in [0.25, 0.3) is 0 Å². The van der Waals surface area contributed by atoms with Gasteiger partial charge < -0.3 is 19.5 Å². The van der Waals surface area contributed by atoms with Crippen molar-refractivity contribution < 1.29 is 9.53 Å². The van der Waals surface area contributed by atoms with Gasteiger partial charge >= 0.3 is 0 Å². The molecule has 0 saturated carbocycles. The Morgan fingerprint density at radius 3 is 2.92 bits per heavy atom. The molecule has 1 N–H and O–H groups in total. The SMILES string of the molecule is Cn1cnnc1SCC(=O)Nc1cccc(Cl)c1N1CCOCC1. The molecule has 1 aliphatic heterocycles. The Hall–Kier alpha value is -1.77. The van der Waals surface area contributed by atoms with Gasteiger partial charge in [0.1, 0.15) is 6.33 Å². The van der Waals surface area contributed by atoms with Crippen molar-refractivity contribution in [3.8, 4) is 0 Å². The van der Waals surface area contributed by atoms with E-state index in [0.717, 1.165) is 18.8 Å². The predicted octanol–water partition coefficient (Wildman–Crippen LogP) is 2.04. The van der Waals surface area contributed by atoms with E-state index >= 15 is 0 Å². The topological polar surface area (TPSA) is 72.3 Å². The zero-order valence-electron chi connectivity index (χ0n) is 13.2. The number of para-hydroxylation sites is 1. The third kappa shape index (κ3) is 4.00. The molecule has 0 radical (unpaired) electrons. The van der Waals surface area contributed by atoms with Crippen LogP contribution in [0.15, 0.2) is 29.7 Å². The third-order valence-corrected chi connectivity index (χ3v) is 4.93. The van der Waals surface area contributed by atoms with Gasteiger partial charge in [-0.25, -0.2) is 0 Å². The summed E-state index contributed by atoms with van der Waals surface area (Å²) in [5.74, 6) is 0.140. The van der Waals surface area contributed by atoms with Crippen LogP contribution in [0.5, 0.6) is 0 Å². The highest BCUT2D eigenvalue weighted by molar-refractivity contribution is 7.99. The van der Waals surface area contributed by atoms with Gasteiger partial charge in [-0.15, -0.1) is 10.2 Å². The van der Waals surface area contributed by atoms with Gasteiger partial charge in [0.25, 0.3) is 0 Å². The van der Waals surface area contributed by atoms with Crippen LogP contribution in [-0.4, -0.2) is 52.7 Å². The fourth-order valence-electron chi connectivity index (χ4n) is 2.44. The zero-order chi connectivity index (χ0) is 16.9. The molecular formula is C15H18ClN5O2S. The molecule has 1 aliphatic rings. The minimum atomic E-state index is -0.111. The first-order valence-electron chi connectivity index (χ1n) is 7.53. The summed E-state index contributed by atoms with van der Waals surface area (Å²) in [6, 6.07) is 5.52. The second-order valence-corrected chi connectivity index (χ2v) is 6.65. The highest BCUT2D eigenvalue weighted by Crippen LogP contribution is 2.34. The lowest BCUT2D eigenvalue weighted by Gasteiger charge is -2.31. The van der Waals surface area contributed by atoms with Crippen molar-refractivity contribution in [2.45, 2.75) is 5.16 Å². The number of anilines is 2. The Kier molecular flexibility index (Phi) is 5.60. The number of rotatable bonds is 5. The minimum Gasteiger partial charge on any atom is -0.378 e. The van der Waals surface area contributed by atoms with Crippen molar-refractivity contribution in [3.05, 3.63) is 29.5 Å². The lowest BCUT2D eigenvalue weighted by molar-refractivity contribution is -0.113. The Labute approximate surface area is 149 Å². The largest absolute Gasteiger partial charge is 0.378 e. The number of hydrogen-bond acceptors (Lipinski definition) is 6. The number of aryl methyl sites for hydroxylation is 1. The molecule has 1 amide bonds. The van der Waals surface area contributed by atoms with Crippen molar-refractivity contribution >= 4 is 40.6 Å². The quantitative estimate of drug-likeness (QED) is 0.815. The monoisotopic (exact) mass is 367 g/mol. The number of benzene rings is 1. The van der Waals surface area contributed by atoms with Crippen molar-refractivity contribution in [2.24, 2.45) is 7.05 Å². The first kappa shape index (κ1) is 17.1. The number of nitrogens with one attached hydrogen (secondary N) is 1. The molecule has 1 fully saturated rings. The van der Waals surface area contributed by atoms with Gasteiger partial charge in [-0.3, -0.25) is 4.79 Å². The molecule has 24 heavy (non-hydrogen) atoms.